The third kappa shape index (κ3) is 3.24. The van der Waals surface area contributed by atoms with Gasteiger partial charge in [0.15, 0.2) is 4.80 Å². The minimum atomic E-state index is -0.282. The van der Waals surface area contributed by atoms with Crippen LogP contribution in [0.3, 0.4) is 0 Å². The Balaban J connectivity index is 1.96. The quantitative estimate of drug-likeness (QED) is 0.693. The predicted molar refractivity (Wildman–Crippen MR) is 93.4 cm³/mol. The van der Waals surface area contributed by atoms with Gasteiger partial charge >= 0.3 is 0 Å². The second-order valence-corrected chi connectivity index (χ2v) is 5.95. The lowest BCUT2D eigenvalue weighted by Gasteiger charge is -2.02. The first-order valence-corrected chi connectivity index (χ1v) is 7.95. The summed E-state index contributed by atoms with van der Waals surface area (Å²) in [4.78, 5) is 16.9. The number of aryl methyl sites for hydroxylation is 1. The third-order valence-electron chi connectivity index (χ3n) is 3.43. The van der Waals surface area contributed by atoms with Crippen molar-refractivity contribution in [1.82, 2.24) is 4.57 Å². The molecular weight excluding hydrogens is 308 g/mol. The number of ether oxygens (including phenoxy) is 1. The van der Waals surface area contributed by atoms with Gasteiger partial charge in [0, 0.05) is 13.1 Å². The molecule has 4 nitrogen and oxygen atoms in total. The summed E-state index contributed by atoms with van der Waals surface area (Å²) in [5.41, 5.74) is 1.91. The molecular formula is C18H16N2O2S. The number of hydrogen-bond acceptors (Lipinski definition) is 3. The van der Waals surface area contributed by atoms with Crippen LogP contribution in [0.25, 0.3) is 16.3 Å². The summed E-state index contributed by atoms with van der Waals surface area (Å²) in [6.45, 7) is 0. The van der Waals surface area contributed by atoms with E-state index in [4.69, 9.17) is 4.74 Å². The highest BCUT2D eigenvalue weighted by Gasteiger charge is 2.08. The molecule has 0 aliphatic carbocycles. The van der Waals surface area contributed by atoms with E-state index in [2.05, 4.69) is 4.99 Å². The van der Waals surface area contributed by atoms with Crippen LogP contribution in [0, 0.1) is 0 Å². The van der Waals surface area contributed by atoms with Gasteiger partial charge < -0.3 is 9.30 Å². The van der Waals surface area contributed by atoms with E-state index in [-0.39, 0.29) is 5.91 Å². The zero-order valence-electron chi connectivity index (χ0n) is 12.9. The van der Waals surface area contributed by atoms with Gasteiger partial charge in [-0.15, -0.1) is 0 Å². The molecule has 3 rings (SSSR count). The largest absolute Gasteiger partial charge is 0.495 e. The van der Waals surface area contributed by atoms with Crippen LogP contribution in [0.4, 0.5) is 0 Å². The highest BCUT2D eigenvalue weighted by molar-refractivity contribution is 7.16. The molecule has 0 bridgehead atoms. The predicted octanol–water partition coefficient (Wildman–Crippen LogP) is 3.39. The number of amides is 1. The molecule has 0 unspecified atom stereocenters. The van der Waals surface area contributed by atoms with Crippen molar-refractivity contribution in [3.63, 3.8) is 0 Å². The average Bonchev–Trinajstić information content (AvgIpc) is 2.90. The highest BCUT2D eigenvalue weighted by Crippen LogP contribution is 2.26. The van der Waals surface area contributed by atoms with Crippen LogP contribution in [-0.2, 0) is 11.8 Å². The summed E-state index contributed by atoms with van der Waals surface area (Å²) in [7, 11) is 3.52. The molecule has 116 valence electrons. The number of carbonyl (C=O) groups excluding carboxylic acids is 1. The Morgan fingerprint density at radius 1 is 1.17 bits per heavy atom. The highest BCUT2D eigenvalue weighted by atomic mass is 32.1. The van der Waals surface area contributed by atoms with Crippen molar-refractivity contribution in [3.8, 4) is 5.75 Å². The Morgan fingerprint density at radius 2 is 1.96 bits per heavy atom. The molecule has 5 heteroatoms. The van der Waals surface area contributed by atoms with Crippen LogP contribution >= 0.6 is 11.3 Å². The summed E-state index contributed by atoms with van der Waals surface area (Å²) in [5, 5.41) is 0. The normalized spacial score (nSPS) is 12.2. The Kier molecular flexibility index (Phi) is 4.39. The standard InChI is InChI=1S/C18H16N2O2S/c1-20-17-14(22-2)9-6-10-15(17)23-18(20)19-16(21)12-11-13-7-4-3-5-8-13/h3-12H,1-2H3. The van der Waals surface area contributed by atoms with Gasteiger partial charge in [-0.3, -0.25) is 4.79 Å². The molecule has 2 aromatic carbocycles. The number of methoxy groups -OCH3 is 1. The number of hydrogen-bond donors (Lipinski definition) is 0. The van der Waals surface area contributed by atoms with Crippen molar-refractivity contribution in [2.75, 3.05) is 7.11 Å². The fraction of sp³-hybridized carbons (Fsp3) is 0.111. The van der Waals surface area contributed by atoms with E-state index in [9.17, 15) is 4.79 Å². The van der Waals surface area contributed by atoms with E-state index < -0.39 is 0 Å². The summed E-state index contributed by atoms with van der Waals surface area (Å²) in [6, 6.07) is 15.5. The minimum absolute atomic E-state index is 0.282. The molecule has 0 aliphatic heterocycles. The molecule has 0 saturated heterocycles. The average molecular weight is 324 g/mol. The number of aromatic nitrogens is 1. The first-order valence-electron chi connectivity index (χ1n) is 7.13. The smallest absolute Gasteiger partial charge is 0.272 e. The van der Waals surface area contributed by atoms with Crippen LogP contribution in [0.5, 0.6) is 5.75 Å². The van der Waals surface area contributed by atoms with Gasteiger partial charge in [0.25, 0.3) is 5.91 Å². The summed E-state index contributed by atoms with van der Waals surface area (Å²) < 4.78 is 8.29. The maximum absolute atomic E-state index is 12.1. The van der Waals surface area contributed by atoms with Crippen LogP contribution in [-0.4, -0.2) is 17.6 Å². The summed E-state index contributed by atoms with van der Waals surface area (Å²) in [5.74, 6) is 0.491. The molecule has 0 fully saturated rings. The van der Waals surface area contributed by atoms with E-state index in [0.717, 1.165) is 21.5 Å². The maximum atomic E-state index is 12.1. The van der Waals surface area contributed by atoms with Gasteiger partial charge in [-0.2, -0.15) is 4.99 Å². The number of carbonyl (C=O) groups is 1. The molecule has 0 spiro atoms. The molecule has 23 heavy (non-hydrogen) atoms. The van der Waals surface area contributed by atoms with E-state index in [1.807, 2.05) is 60.1 Å². The molecule has 0 radical (unpaired) electrons. The Hall–Kier alpha value is -2.66. The van der Waals surface area contributed by atoms with Crippen molar-refractivity contribution >= 4 is 33.5 Å². The van der Waals surface area contributed by atoms with Crippen molar-refractivity contribution in [2.45, 2.75) is 0 Å². The molecule has 1 heterocycles. The zero-order valence-corrected chi connectivity index (χ0v) is 13.7. The summed E-state index contributed by atoms with van der Waals surface area (Å²) >= 11 is 1.47. The van der Waals surface area contributed by atoms with Gasteiger partial charge in [-0.05, 0) is 23.8 Å². The molecule has 1 aromatic heterocycles. The lowest BCUT2D eigenvalue weighted by molar-refractivity contribution is -0.113. The van der Waals surface area contributed by atoms with Gasteiger partial charge in [-0.25, -0.2) is 0 Å². The molecule has 0 N–H and O–H groups in total. The number of fused-ring (bicyclic) bond motifs is 1. The lowest BCUT2D eigenvalue weighted by atomic mass is 10.2. The van der Waals surface area contributed by atoms with E-state index in [1.165, 1.54) is 17.4 Å². The number of para-hydroxylation sites is 1. The van der Waals surface area contributed by atoms with Crippen LogP contribution in [0.1, 0.15) is 5.56 Å². The molecule has 0 aliphatic rings. The van der Waals surface area contributed by atoms with Crippen molar-refractivity contribution in [1.29, 1.82) is 0 Å². The lowest BCUT2D eigenvalue weighted by Crippen LogP contribution is -2.12. The number of nitrogens with zero attached hydrogens (tertiary/aromatic N) is 2. The maximum Gasteiger partial charge on any atom is 0.272 e. The number of rotatable bonds is 3. The first-order chi connectivity index (χ1) is 11.2. The SMILES string of the molecule is COc1cccc2sc(=NC(=O)C=Cc3ccccc3)n(C)c12. The molecule has 0 saturated carbocycles. The fourth-order valence-corrected chi connectivity index (χ4v) is 3.34. The molecule has 0 atom stereocenters. The van der Waals surface area contributed by atoms with Crippen LogP contribution in [0.2, 0.25) is 0 Å². The Bertz CT molecular complexity index is 937. The van der Waals surface area contributed by atoms with E-state index in [1.54, 1.807) is 13.2 Å². The minimum Gasteiger partial charge on any atom is -0.495 e. The molecule has 1 amide bonds. The van der Waals surface area contributed by atoms with Crippen LogP contribution in [0.15, 0.2) is 59.6 Å². The Morgan fingerprint density at radius 3 is 2.70 bits per heavy atom. The second-order valence-electron chi connectivity index (χ2n) is 4.94. The van der Waals surface area contributed by atoms with Gasteiger partial charge in [0.2, 0.25) is 0 Å². The monoisotopic (exact) mass is 324 g/mol. The first kappa shape index (κ1) is 15.2. The van der Waals surface area contributed by atoms with Gasteiger partial charge in [0.1, 0.15) is 11.3 Å². The molecule has 3 aromatic rings. The van der Waals surface area contributed by atoms with Crippen molar-refractivity contribution in [2.24, 2.45) is 12.0 Å². The number of thiazole rings is 1. The Labute approximate surface area is 138 Å². The fourth-order valence-electron chi connectivity index (χ4n) is 2.30. The number of benzene rings is 2. The van der Waals surface area contributed by atoms with E-state index in [0.29, 0.717) is 4.80 Å². The van der Waals surface area contributed by atoms with Gasteiger partial charge in [-0.1, -0.05) is 47.7 Å². The second kappa shape index (κ2) is 6.62. The topological polar surface area (TPSA) is 43.6 Å². The summed E-state index contributed by atoms with van der Waals surface area (Å²) in [6.07, 6.45) is 3.25. The third-order valence-corrected chi connectivity index (χ3v) is 4.53. The van der Waals surface area contributed by atoms with Crippen LogP contribution < -0.4 is 9.54 Å². The van der Waals surface area contributed by atoms with E-state index >= 15 is 0 Å². The zero-order chi connectivity index (χ0) is 16.2. The van der Waals surface area contributed by atoms with Crippen molar-refractivity contribution < 1.29 is 9.53 Å². The van der Waals surface area contributed by atoms with Crippen molar-refractivity contribution in [3.05, 3.63) is 65.0 Å². The van der Waals surface area contributed by atoms with Gasteiger partial charge in [0.05, 0.1) is 11.8 Å².